The lowest BCUT2D eigenvalue weighted by Crippen LogP contribution is -2.54. The maximum Gasteiger partial charge on any atom is 0.335 e. The average molecular weight is 147 g/mol. The molecule has 58 valence electrons. The number of carboxylic acids is 2. The number of nitrogens with two attached hydrogens (primary N) is 1. The maximum atomic E-state index is 10.2. The topological polar surface area (TPSA) is 101 Å². The van der Waals surface area contributed by atoms with Crippen molar-refractivity contribution in [3.63, 3.8) is 0 Å². The minimum Gasteiger partial charge on any atom is -0.479 e. The predicted molar refractivity (Wildman–Crippen MR) is 32.5 cm³/mol. The second-order valence-electron chi connectivity index (χ2n) is 1.94. The molecule has 0 aliphatic heterocycles. The molecule has 0 saturated heterocycles. The highest BCUT2D eigenvalue weighted by atomic mass is 16.4. The van der Waals surface area contributed by atoms with Crippen LogP contribution in [-0.2, 0) is 9.59 Å². The van der Waals surface area contributed by atoms with E-state index in [0.29, 0.717) is 0 Å². The van der Waals surface area contributed by atoms with E-state index in [1.807, 2.05) is 0 Å². The van der Waals surface area contributed by atoms with Crippen LogP contribution < -0.4 is 5.73 Å². The fourth-order valence-electron chi connectivity index (χ4n) is 0.394. The number of rotatable bonds is 3. The zero-order valence-electron chi connectivity index (χ0n) is 5.50. The highest BCUT2D eigenvalue weighted by Crippen LogP contribution is 2.05. The summed E-state index contributed by atoms with van der Waals surface area (Å²) >= 11 is 0. The van der Waals surface area contributed by atoms with Gasteiger partial charge in [-0.2, -0.15) is 0 Å². The Balaban J connectivity index is 4.55. The molecule has 0 atom stereocenters. The van der Waals surface area contributed by atoms with Crippen LogP contribution >= 0.6 is 0 Å². The number of hydrogen-bond acceptors (Lipinski definition) is 3. The molecule has 0 aliphatic rings. The Kier molecular flexibility index (Phi) is 2.36. The Morgan fingerprint density at radius 2 is 1.70 bits per heavy atom. The molecule has 5 nitrogen and oxygen atoms in total. The number of carbonyl (C=O) groups is 2. The van der Waals surface area contributed by atoms with Crippen LogP contribution in [0.2, 0.25) is 0 Å². The van der Waals surface area contributed by atoms with E-state index in [0.717, 1.165) is 0 Å². The lowest BCUT2D eigenvalue weighted by atomic mass is 9.99. The summed E-state index contributed by atoms with van der Waals surface area (Å²) in [5.41, 5.74) is 2.86. The molecule has 4 N–H and O–H groups in total. The van der Waals surface area contributed by atoms with Gasteiger partial charge in [0, 0.05) is 0 Å². The van der Waals surface area contributed by atoms with Crippen LogP contribution in [0.1, 0.15) is 13.3 Å². The van der Waals surface area contributed by atoms with Gasteiger partial charge in [0.2, 0.25) is 5.54 Å². The van der Waals surface area contributed by atoms with Crippen LogP contribution in [0.25, 0.3) is 0 Å². The van der Waals surface area contributed by atoms with Crippen LogP contribution in [-0.4, -0.2) is 27.7 Å². The first-order valence-corrected chi connectivity index (χ1v) is 2.70. The average Bonchev–Trinajstić information content (AvgIpc) is 1.85. The van der Waals surface area contributed by atoms with Gasteiger partial charge in [-0.1, -0.05) is 6.92 Å². The van der Waals surface area contributed by atoms with Crippen molar-refractivity contribution in [2.24, 2.45) is 5.73 Å². The van der Waals surface area contributed by atoms with Gasteiger partial charge in [-0.25, -0.2) is 9.59 Å². The summed E-state index contributed by atoms with van der Waals surface area (Å²) in [6.45, 7) is 1.40. The first-order valence-electron chi connectivity index (χ1n) is 2.70. The molecule has 0 bridgehead atoms. The van der Waals surface area contributed by atoms with Crippen molar-refractivity contribution in [2.45, 2.75) is 18.9 Å². The Bertz CT molecular complexity index is 151. The van der Waals surface area contributed by atoms with Gasteiger partial charge in [0.15, 0.2) is 0 Å². The van der Waals surface area contributed by atoms with Crippen molar-refractivity contribution in [3.8, 4) is 0 Å². The van der Waals surface area contributed by atoms with Gasteiger partial charge in [-0.05, 0) is 6.42 Å². The highest BCUT2D eigenvalue weighted by molar-refractivity contribution is 6.02. The molecule has 0 rings (SSSR count). The molecule has 0 aromatic carbocycles. The normalized spacial score (nSPS) is 11.0. The summed E-state index contributed by atoms with van der Waals surface area (Å²) in [6, 6.07) is 0. The van der Waals surface area contributed by atoms with Crippen LogP contribution in [0.4, 0.5) is 0 Å². The summed E-state index contributed by atoms with van der Waals surface area (Å²) < 4.78 is 0. The van der Waals surface area contributed by atoms with Crippen LogP contribution in [0.3, 0.4) is 0 Å². The van der Waals surface area contributed by atoms with E-state index < -0.39 is 17.5 Å². The first kappa shape index (κ1) is 8.90. The molecule has 0 saturated carbocycles. The summed E-state index contributed by atoms with van der Waals surface area (Å²) in [7, 11) is 0. The summed E-state index contributed by atoms with van der Waals surface area (Å²) in [5, 5.41) is 16.6. The van der Waals surface area contributed by atoms with Crippen molar-refractivity contribution in [1.82, 2.24) is 0 Å². The summed E-state index contributed by atoms with van der Waals surface area (Å²) in [6.07, 6.45) is -0.127. The smallest absolute Gasteiger partial charge is 0.335 e. The third kappa shape index (κ3) is 1.24. The van der Waals surface area contributed by atoms with E-state index in [1.165, 1.54) is 6.92 Å². The Morgan fingerprint density at radius 1 is 1.40 bits per heavy atom. The third-order valence-electron chi connectivity index (χ3n) is 1.32. The zero-order chi connectivity index (χ0) is 8.36. The molecule has 0 amide bonds. The van der Waals surface area contributed by atoms with Crippen molar-refractivity contribution in [2.75, 3.05) is 0 Å². The van der Waals surface area contributed by atoms with E-state index in [-0.39, 0.29) is 6.42 Å². The monoisotopic (exact) mass is 147 g/mol. The predicted octanol–water partition coefficient (Wildman–Crippen LogP) is -0.737. The number of hydrogen-bond donors (Lipinski definition) is 3. The molecule has 0 aliphatic carbocycles. The lowest BCUT2D eigenvalue weighted by molar-refractivity contribution is -0.156. The SMILES string of the molecule is CCC(N)(C(=O)O)C(=O)O. The fraction of sp³-hybridized carbons (Fsp3) is 0.600. The second-order valence-corrected chi connectivity index (χ2v) is 1.94. The highest BCUT2D eigenvalue weighted by Gasteiger charge is 2.40. The minimum absolute atomic E-state index is 0.127. The van der Waals surface area contributed by atoms with Crippen LogP contribution in [0, 0.1) is 0 Å². The Hall–Kier alpha value is -1.10. The van der Waals surface area contributed by atoms with E-state index in [2.05, 4.69) is 0 Å². The molecule has 10 heavy (non-hydrogen) atoms. The maximum absolute atomic E-state index is 10.2. The molecule has 0 heterocycles. The molecule has 0 unspecified atom stereocenters. The minimum atomic E-state index is -2.12. The van der Waals surface area contributed by atoms with Crippen molar-refractivity contribution < 1.29 is 19.8 Å². The summed E-state index contributed by atoms with van der Waals surface area (Å²) in [5.74, 6) is -3.02. The molecular weight excluding hydrogens is 138 g/mol. The standard InChI is InChI=1S/C5H9NO4/c1-2-5(6,3(7)8)4(9)10/h2,6H2,1H3,(H,7,8)(H,9,10). The Morgan fingerprint density at radius 3 is 1.70 bits per heavy atom. The van der Waals surface area contributed by atoms with Crippen molar-refractivity contribution in [3.05, 3.63) is 0 Å². The zero-order valence-corrected chi connectivity index (χ0v) is 5.50. The van der Waals surface area contributed by atoms with Gasteiger partial charge in [0.1, 0.15) is 0 Å². The van der Waals surface area contributed by atoms with E-state index in [1.54, 1.807) is 0 Å². The molecule has 5 heteroatoms. The molecule has 0 spiro atoms. The van der Waals surface area contributed by atoms with Crippen LogP contribution in [0.5, 0.6) is 0 Å². The molecule has 0 radical (unpaired) electrons. The quantitative estimate of drug-likeness (QED) is 0.456. The van der Waals surface area contributed by atoms with Gasteiger partial charge in [-0.3, -0.25) is 0 Å². The third-order valence-corrected chi connectivity index (χ3v) is 1.32. The van der Waals surface area contributed by atoms with E-state index >= 15 is 0 Å². The van der Waals surface area contributed by atoms with E-state index in [4.69, 9.17) is 15.9 Å². The molecular formula is C5H9NO4. The van der Waals surface area contributed by atoms with Gasteiger partial charge in [0.05, 0.1) is 0 Å². The lowest BCUT2D eigenvalue weighted by Gasteiger charge is -2.15. The largest absolute Gasteiger partial charge is 0.479 e. The van der Waals surface area contributed by atoms with Crippen molar-refractivity contribution in [1.29, 1.82) is 0 Å². The van der Waals surface area contributed by atoms with E-state index in [9.17, 15) is 9.59 Å². The Labute approximate surface area is 57.5 Å². The van der Waals surface area contributed by atoms with Gasteiger partial charge in [-0.15, -0.1) is 0 Å². The van der Waals surface area contributed by atoms with Crippen LogP contribution in [0.15, 0.2) is 0 Å². The molecule has 0 aromatic rings. The number of aliphatic carboxylic acids is 2. The second kappa shape index (κ2) is 2.66. The summed E-state index contributed by atoms with van der Waals surface area (Å²) in [4.78, 5) is 20.4. The fourth-order valence-corrected chi connectivity index (χ4v) is 0.394. The van der Waals surface area contributed by atoms with Gasteiger partial charge >= 0.3 is 11.9 Å². The molecule has 0 aromatic heterocycles. The van der Waals surface area contributed by atoms with Crippen molar-refractivity contribution >= 4 is 11.9 Å². The van der Waals surface area contributed by atoms with Gasteiger partial charge < -0.3 is 15.9 Å². The molecule has 0 fully saturated rings. The first-order chi connectivity index (χ1) is 4.45. The number of carboxylic acid groups (broad SMARTS) is 2. The van der Waals surface area contributed by atoms with Gasteiger partial charge in [0.25, 0.3) is 0 Å².